The van der Waals surface area contributed by atoms with Crippen molar-refractivity contribution in [1.82, 2.24) is 0 Å². The van der Waals surface area contributed by atoms with E-state index in [1.807, 2.05) is 18.2 Å². The molecule has 0 aromatic heterocycles. The zero-order valence-corrected chi connectivity index (χ0v) is 9.70. The molecular formula is C15H23. The van der Waals surface area contributed by atoms with Crippen molar-refractivity contribution in [3.63, 3.8) is 0 Å². The molecule has 0 spiro atoms. The summed E-state index contributed by atoms with van der Waals surface area (Å²) in [7, 11) is 0. The van der Waals surface area contributed by atoms with Gasteiger partial charge in [0.25, 0.3) is 0 Å². The van der Waals surface area contributed by atoms with E-state index in [4.69, 9.17) is 0 Å². The summed E-state index contributed by atoms with van der Waals surface area (Å²) in [5, 5.41) is 0. The molecule has 0 bridgehead atoms. The zero-order chi connectivity index (χ0) is 11.2. The summed E-state index contributed by atoms with van der Waals surface area (Å²) >= 11 is 0. The summed E-state index contributed by atoms with van der Waals surface area (Å²) in [6.45, 7) is 7.43. The highest BCUT2D eigenvalue weighted by Crippen LogP contribution is 2.05. The van der Waals surface area contributed by atoms with Crippen LogP contribution in [-0.2, 0) is 0 Å². The van der Waals surface area contributed by atoms with Gasteiger partial charge in [-0.3, -0.25) is 0 Å². The summed E-state index contributed by atoms with van der Waals surface area (Å²) in [5.41, 5.74) is 0. The first-order valence-electron chi connectivity index (χ1n) is 5.82. The van der Waals surface area contributed by atoms with E-state index in [2.05, 4.69) is 31.7 Å². The van der Waals surface area contributed by atoms with Gasteiger partial charge in [-0.05, 0) is 12.8 Å². The quantitative estimate of drug-likeness (QED) is 0.365. The highest BCUT2D eigenvalue weighted by atomic mass is 13.9. The third kappa shape index (κ3) is 13.0. The number of hydrogen-bond acceptors (Lipinski definition) is 0. The molecule has 0 rings (SSSR count). The normalized spacial score (nSPS) is 12.1. The highest BCUT2D eigenvalue weighted by molar-refractivity contribution is 5.14. The van der Waals surface area contributed by atoms with E-state index in [-0.39, 0.29) is 0 Å². The molecule has 0 aromatic rings. The molecule has 0 N–H and O–H groups in total. The topological polar surface area (TPSA) is 0 Å². The van der Waals surface area contributed by atoms with Crippen LogP contribution in [0.4, 0.5) is 0 Å². The van der Waals surface area contributed by atoms with Gasteiger partial charge in [-0.2, -0.15) is 0 Å². The Morgan fingerprint density at radius 3 is 2.13 bits per heavy atom. The van der Waals surface area contributed by atoms with E-state index in [0.717, 1.165) is 6.42 Å². The van der Waals surface area contributed by atoms with Crippen molar-refractivity contribution in [2.24, 2.45) is 0 Å². The molecule has 0 aromatic carbocycles. The predicted molar refractivity (Wildman–Crippen MR) is 70.7 cm³/mol. The molecule has 0 nitrogen and oxygen atoms in total. The third-order valence-electron chi connectivity index (χ3n) is 2.09. The van der Waals surface area contributed by atoms with Crippen LogP contribution in [0.5, 0.6) is 0 Å². The third-order valence-corrected chi connectivity index (χ3v) is 2.09. The zero-order valence-electron chi connectivity index (χ0n) is 9.70. The van der Waals surface area contributed by atoms with Gasteiger partial charge in [-0.15, -0.1) is 0 Å². The molecule has 0 atom stereocenters. The molecule has 15 heavy (non-hydrogen) atoms. The van der Waals surface area contributed by atoms with Crippen LogP contribution in [-0.4, -0.2) is 0 Å². The van der Waals surface area contributed by atoms with Gasteiger partial charge in [-0.25, -0.2) is 0 Å². The molecule has 0 aliphatic rings. The lowest BCUT2D eigenvalue weighted by atomic mass is 10.1. The first-order chi connectivity index (χ1) is 7.41. The summed E-state index contributed by atoms with van der Waals surface area (Å²) in [4.78, 5) is 0. The summed E-state index contributed by atoms with van der Waals surface area (Å²) < 4.78 is 0. The summed E-state index contributed by atoms with van der Waals surface area (Å²) in [6, 6.07) is 0. The fourth-order valence-electron chi connectivity index (χ4n) is 1.24. The Balaban J connectivity index is 3.27. The fourth-order valence-corrected chi connectivity index (χ4v) is 1.24. The van der Waals surface area contributed by atoms with Gasteiger partial charge in [0.05, 0.1) is 0 Å². The molecule has 83 valence electrons. The van der Waals surface area contributed by atoms with Crippen molar-refractivity contribution in [3.8, 4) is 0 Å². The van der Waals surface area contributed by atoms with Crippen molar-refractivity contribution in [1.29, 1.82) is 0 Å². The molecule has 0 fully saturated rings. The SMILES string of the molecule is [CH2]CCCCCCC=CC=CC=CC=C. The Morgan fingerprint density at radius 1 is 0.733 bits per heavy atom. The van der Waals surface area contributed by atoms with Crippen LogP contribution in [0.3, 0.4) is 0 Å². The minimum absolute atomic E-state index is 1.08. The summed E-state index contributed by atoms with van der Waals surface area (Å²) in [6.07, 6.45) is 21.6. The molecule has 1 radical (unpaired) electrons. The van der Waals surface area contributed by atoms with E-state index < -0.39 is 0 Å². The highest BCUT2D eigenvalue weighted by Gasteiger charge is 1.85. The van der Waals surface area contributed by atoms with E-state index in [1.54, 1.807) is 6.08 Å². The maximum absolute atomic E-state index is 3.83. The monoisotopic (exact) mass is 203 g/mol. The average molecular weight is 203 g/mol. The van der Waals surface area contributed by atoms with Crippen molar-refractivity contribution in [2.45, 2.75) is 38.5 Å². The first-order valence-corrected chi connectivity index (χ1v) is 5.82. The molecule has 0 unspecified atom stereocenters. The van der Waals surface area contributed by atoms with E-state index in [9.17, 15) is 0 Å². The van der Waals surface area contributed by atoms with Crippen LogP contribution >= 0.6 is 0 Å². The molecule has 0 heterocycles. The Hall–Kier alpha value is -1.04. The van der Waals surface area contributed by atoms with Crippen LogP contribution < -0.4 is 0 Å². The van der Waals surface area contributed by atoms with Crippen LogP contribution in [0.2, 0.25) is 0 Å². The second kappa shape index (κ2) is 13.0. The van der Waals surface area contributed by atoms with Crippen LogP contribution in [0.25, 0.3) is 0 Å². The Morgan fingerprint density at radius 2 is 1.40 bits per heavy atom. The number of rotatable bonds is 9. The van der Waals surface area contributed by atoms with Crippen LogP contribution in [0.1, 0.15) is 38.5 Å². The molecule has 0 saturated heterocycles. The molecule has 0 heteroatoms. The number of unbranched alkanes of at least 4 members (excludes halogenated alkanes) is 5. The lowest BCUT2D eigenvalue weighted by Gasteiger charge is -1.95. The molecule has 0 amide bonds. The van der Waals surface area contributed by atoms with Crippen LogP contribution in [0.15, 0.2) is 49.1 Å². The number of hydrogen-bond donors (Lipinski definition) is 0. The van der Waals surface area contributed by atoms with Gasteiger partial charge < -0.3 is 0 Å². The van der Waals surface area contributed by atoms with Crippen molar-refractivity contribution in [2.75, 3.05) is 0 Å². The molecule has 0 aliphatic heterocycles. The van der Waals surface area contributed by atoms with Crippen molar-refractivity contribution >= 4 is 0 Å². The lowest BCUT2D eigenvalue weighted by Crippen LogP contribution is -1.75. The van der Waals surface area contributed by atoms with Crippen LogP contribution in [0, 0.1) is 6.92 Å². The van der Waals surface area contributed by atoms with Gasteiger partial charge in [0.15, 0.2) is 0 Å². The van der Waals surface area contributed by atoms with Gasteiger partial charge >= 0.3 is 0 Å². The van der Waals surface area contributed by atoms with Crippen molar-refractivity contribution < 1.29 is 0 Å². The summed E-state index contributed by atoms with van der Waals surface area (Å²) in [5.74, 6) is 0. The standard InChI is InChI=1S/C15H23/c1-3-5-7-9-11-13-15-14-12-10-8-6-4-2/h3,5,7,9,11,13,15H,1-2,4,6,8,10,12,14H2. The molecular weight excluding hydrogens is 180 g/mol. The first kappa shape index (κ1) is 14.0. The largest absolute Gasteiger partial charge is 0.0991 e. The minimum Gasteiger partial charge on any atom is -0.0991 e. The molecule has 0 aliphatic carbocycles. The maximum Gasteiger partial charge on any atom is -0.0348 e. The van der Waals surface area contributed by atoms with E-state index in [0.29, 0.717) is 0 Å². The second-order valence-electron chi connectivity index (χ2n) is 3.49. The second-order valence-corrected chi connectivity index (χ2v) is 3.49. The lowest BCUT2D eigenvalue weighted by molar-refractivity contribution is 0.651. The van der Waals surface area contributed by atoms with Gasteiger partial charge in [-0.1, -0.05) is 81.7 Å². The number of allylic oxidation sites excluding steroid dienone is 7. The maximum atomic E-state index is 3.83. The average Bonchev–Trinajstić information content (AvgIpc) is 2.26. The smallest absolute Gasteiger partial charge is 0.0348 e. The Bertz CT molecular complexity index is 206. The Kier molecular flexibility index (Phi) is 12.1. The van der Waals surface area contributed by atoms with Crippen molar-refractivity contribution in [3.05, 3.63) is 56.0 Å². The van der Waals surface area contributed by atoms with Gasteiger partial charge in [0.2, 0.25) is 0 Å². The van der Waals surface area contributed by atoms with Gasteiger partial charge in [0.1, 0.15) is 0 Å². The Labute approximate surface area is 95.1 Å². The molecule has 0 saturated carbocycles. The minimum atomic E-state index is 1.08. The fraction of sp³-hybridized carbons (Fsp3) is 0.400. The van der Waals surface area contributed by atoms with Gasteiger partial charge in [0, 0.05) is 0 Å². The predicted octanol–water partition coefficient (Wildman–Crippen LogP) is 5.02. The van der Waals surface area contributed by atoms with E-state index >= 15 is 0 Å². The van der Waals surface area contributed by atoms with E-state index in [1.165, 1.54) is 32.1 Å².